The molecule has 0 aliphatic carbocycles. The topological polar surface area (TPSA) is 55.1 Å². The Morgan fingerprint density at radius 3 is 2.12 bits per heavy atom. The molecule has 0 saturated heterocycles. The van der Waals surface area contributed by atoms with Crippen molar-refractivity contribution in [1.82, 2.24) is 5.32 Å². The molecule has 1 unspecified atom stereocenters. The Balaban J connectivity index is 1.95. The van der Waals surface area contributed by atoms with Crippen molar-refractivity contribution in [2.24, 2.45) is 5.73 Å². The Kier molecular flexibility index (Phi) is 5.69. The van der Waals surface area contributed by atoms with Gasteiger partial charge in [0.15, 0.2) is 0 Å². The Morgan fingerprint density at radius 2 is 1.46 bits per heavy atom. The molecule has 0 aromatic heterocycles. The molecule has 26 heavy (non-hydrogen) atoms. The van der Waals surface area contributed by atoms with E-state index in [0.717, 1.165) is 0 Å². The predicted octanol–water partition coefficient (Wildman–Crippen LogP) is 4.52. The molecule has 3 aromatic carbocycles. The first-order chi connectivity index (χ1) is 12.6. The number of rotatable bonds is 7. The zero-order valence-corrected chi connectivity index (χ0v) is 15.4. The first-order valence-corrected chi connectivity index (χ1v) is 9.16. The van der Waals surface area contributed by atoms with E-state index in [4.69, 9.17) is 5.73 Å². The van der Waals surface area contributed by atoms with Crippen LogP contribution in [0.3, 0.4) is 0 Å². The van der Waals surface area contributed by atoms with Gasteiger partial charge in [-0.2, -0.15) is 0 Å². The summed E-state index contributed by atoms with van der Waals surface area (Å²) in [5.41, 5.74) is 9.13. The van der Waals surface area contributed by atoms with Crippen molar-refractivity contribution in [2.75, 3.05) is 6.54 Å². The molecular formula is C23H26N2O. The Labute approximate surface area is 155 Å². The van der Waals surface area contributed by atoms with Gasteiger partial charge < -0.3 is 11.1 Å². The number of carbonyl (C=O) groups is 1. The summed E-state index contributed by atoms with van der Waals surface area (Å²) >= 11 is 0. The lowest BCUT2D eigenvalue weighted by molar-refractivity contribution is -0.117. The van der Waals surface area contributed by atoms with Gasteiger partial charge in [-0.3, -0.25) is 4.79 Å². The fraction of sp³-hybridized carbons (Fsp3) is 0.261. The van der Waals surface area contributed by atoms with Crippen LogP contribution in [-0.4, -0.2) is 12.5 Å². The third kappa shape index (κ3) is 3.94. The van der Waals surface area contributed by atoms with Crippen LogP contribution in [0.1, 0.15) is 48.9 Å². The zero-order chi connectivity index (χ0) is 18.5. The summed E-state index contributed by atoms with van der Waals surface area (Å²) in [6, 6.07) is 23.8. The highest BCUT2D eigenvalue weighted by molar-refractivity contribution is 5.90. The van der Waals surface area contributed by atoms with Crippen LogP contribution < -0.4 is 11.1 Å². The van der Waals surface area contributed by atoms with E-state index in [0.29, 0.717) is 18.9 Å². The average Bonchev–Trinajstić information content (AvgIpc) is 2.67. The molecule has 0 aliphatic rings. The number of fused-ring (bicyclic) bond motifs is 1. The third-order valence-corrected chi connectivity index (χ3v) is 5.05. The van der Waals surface area contributed by atoms with Crippen LogP contribution in [-0.2, 0) is 4.79 Å². The van der Waals surface area contributed by atoms with Crippen LogP contribution in [0.25, 0.3) is 10.8 Å². The van der Waals surface area contributed by atoms with Gasteiger partial charge in [-0.15, -0.1) is 0 Å². The van der Waals surface area contributed by atoms with Crippen LogP contribution in [0.4, 0.5) is 0 Å². The van der Waals surface area contributed by atoms with Gasteiger partial charge in [-0.1, -0.05) is 73.7 Å². The molecule has 3 rings (SSSR count). The van der Waals surface area contributed by atoms with E-state index in [-0.39, 0.29) is 11.9 Å². The average molecular weight is 346 g/mol. The lowest BCUT2D eigenvalue weighted by atomic mass is 9.87. The molecule has 3 N–H and O–H groups in total. The van der Waals surface area contributed by atoms with E-state index in [2.05, 4.69) is 85.9 Å². The number of carbonyl (C=O) groups excluding carboxylic acids is 1. The van der Waals surface area contributed by atoms with Gasteiger partial charge in [0, 0.05) is 24.9 Å². The molecule has 0 saturated carbocycles. The highest BCUT2D eigenvalue weighted by Crippen LogP contribution is 2.34. The summed E-state index contributed by atoms with van der Waals surface area (Å²) in [7, 11) is 0. The lowest BCUT2D eigenvalue weighted by Crippen LogP contribution is -2.24. The van der Waals surface area contributed by atoms with E-state index in [9.17, 15) is 4.79 Å². The first kappa shape index (κ1) is 18.2. The predicted molar refractivity (Wildman–Crippen MR) is 108 cm³/mol. The van der Waals surface area contributed by atoms with Crippen molar-refractivity contribution in [3.05, 3.63) is 83.4 Å². The maximum Gasteiger partial charge on any atom is 0.218 e. The highest BCUT2D eigenvalue weighted by atomic mass is 16.1. The summed E-state index contributed by atoms with van der Waals surface area (Å²) in [6.45, 7) is 4.97. The van der Waals surface area contributed by atoms with Gasteiger partial charge in [0.2, 0.25) is 5.91 Å². The van der Waals surface area contributed by atoms with Gasteiger partial charge >= 0.3 is 0 Å². The molecule has 1 amide bonds. The van der Waals surface area contributed by atoms with Crippen molar-refractivity contribution in [3.63, 3.8) is 0 Å². The smallest absolute Gasteiger partial charge is 0.218 e. The van der Waals surface area contributed by atoms with Crippen LogP contribution in [0, 0.1) is 0 Å². The lowest BCUT2D eigenvalue weighted by Gasteiger charge is -2.21. The Bertz CT molecular complexity index is 889. The second kappa shape index (κ2) is 8.15. The van der Waals surface area contributed by atoms with Gasteiger partial charge in [0.1, 0.15) is 0 Å². The van der Waals surface area contributed by atoms with Crippen molar-refractivity contribution in [1.29, 1.82) is 0 Å². The van der Waals surface area contributed by atoms with Gasteiger partial charge in [0.05, 0.1) is 0 Å². The SMILES string of the molecule is CC(c1ccccc1)c1ccc([C@@H](C)NCCC(N)=O)c2ccccc12. The van der Waals surface area contributed by atoms with Crippen molar-refractivity contribution < 1.29 is 4.79 Å². The quantitative estimate of drug-likeness (QED) is 0.661. The summed E-state index contributed by atoms with van der Waals surface area (Å²) in [6.07, 6.45) is 0.353. The maximum absolute atomic E-state index is 11.0. The molecule has 3 nitrogen and oxygen atoms in total. The van der Waals surface area contributed by atoms with Crippen molar-refractivity contribution in [3.8, 4) is 0 Å². The van der Waals surface area contributed by atoms with Crippen molar-refractivity contribution >= 4 is 16.7 Å². The second-order valence-electron chi connectivity index (χ2n) is 6.81. The van der Waals surface area contributed by atoms with Crippen LogP contribution in [0.15, 0.2) is 66.7 Å². The van der Waals surface area contributed by atoms with Gasteiger partial charge in [0.25, 0.3) is 0 Å². The number of nitrogens with one attached hydrogen (secondary N) is 1. The molecule has 0 heterocycles. The van der Waals surface area contributed by atoms with Gasteiger partial charge in [-0.05, 0) is 34.4 Å². The number of primary amides is 1. The molecule has 134 valence electrons. The Hall–Kier alpha value is -2.65. The molecule has 0 bridgehead atoms. The number of hydrogen-bond donors (Lipinski definition) is 2. The molecule has 0 fully saturated rings. The number of amides is 1. The first-order valence-electron chi connectivity index (χ1n) is 9.16. The summed E-state index contributed by atoms with van der Waals surface area (Å²) in [5.74, 6) is 0.0508. The monoisotopic (exact) mass is 346 g/mol. The normalized spacial score (nSPS) is 13.5. The second-order valence-corrected chi connectivity index (χ2v) is 6.81. The minimum Gasteiger partial charge on any atom is -0.370 e. The van der Waals surface area contributed by atoms with E-state index in [1.165, 1.54) is 27.5 Å². The fourth-order valence-electron chi connectivity index (χ4n) is 3.54. The van der Waals surface area contributed by atoms with Crippen LogP contribution >= 0.6 is 0 Å². The minimum absolute atomic E-state index is 0.153. The summed E-state index contributed by atoms with van der Waals surface area (Å²) in [5, 5.41) is 5.94. The fourth-order valence-corrected chi connectivity index (χ4v) is 3.54. The van der Waals surface area contributed by atoms with Crippen molar-refractivity contribution in [2.45, 2.75) is 32.2 Å². The summed E-state index contributed by atoms with van der Waals surface area (Å²) in [4.78, 5) is 11.0. The molecule has 0 radical (unpaired) electrons. The standard InChI is InChI=1S/C23H26N2O/c1-16(18-8-4-3-5-9-18)19-12-13-20(17(2)25-15-14-23(24)26)22-11-7-6-10-21(19)22/h3-13,16-17,25H,14-15H2,1-2H3,(H2,24,26)/t16?,17-/m1/s1. The van der Waals surface area contributed by atoms with E-state index < -0.39 is 0 Å². The Morgan fingerprint density at radius 1 is 0.885 bits per heavy atom. The summed E-state index contributed by atoms with van der Waals surface area (Å²) < 4.78 is 0. The van der Waals surface area contributed by atoms with Crippen LogP contribution in [0.5, 0.6) is 0 Å². The van der Waals surface area contributed by atoms with Gasteiger partial charge in [-0.25, -0.2) is 0 Å². The molecule has 3 heteroatoms. The molecule has 2 atom stereocenters. The molecule has 0 spiro atoms. The molecule has 3 aromatic rings. The highest BCUT2D eigenvalue weighted by Gasteiger charge is 2.15. The largest absolute Gasteiger partial charge is 0.370 e. The molecule has 0 aliphatic heterocycles. The number of hydrogen-bond acceptors (Lipinski definition) is 2. The van der Waals surface area contributed by atoms with E-state index in [1.807, 2.05) is 0 Å². The molecular weight excluding hydrogens is 320 g/mol. The number of benzene rings is 3. The van der Waals surface area contributed by atoms with E-state index in [1.54, 1.807) is 0 Å². The van der Waals surface area contributed by atoms with E-state index >= 15 is 0 Å². The minimum atomic E-state index is -0.276. The number of nitrogens with two attached hydrogens (primary N) is 1. The zero-order valence-electron chi connectivity index (χ0n) is 15.4. The third-order valence-electron chi connectivity index (χ3n) is 5.05. The van der Waals surface area contributed by atoms with Crippen LogP contribution in [0.2, 0.25) is 0 Å². The maximum atomic E-state index is 11.0.